The molecule has 2 heteroatoms. The summed E-state index contributed by atoms with van der Waals surface area (Å²) in [5, 5.41) is 0. The first-order chi connectivity index (χ1) is 8.66. The topological polar surface area (TPSA) is 0 Å². The average molecular weight is 272 g/mol. The summed E-state index contributed by atoms with van der Waals surface area (Å²) in [6, 6.07) is 0. The van der Waals surface area contributed by atoms with E-state index in [4.69, 9.17) is 0 Å². The fourth-order valence-electron chi connectivity index (χ4n) is 3.44. The van der Waals surface area contributed by atoms with E-state index in [1.54, 1.807) is 18.5 Å². The second-order valence-corrected chi connectivity index (χ2v) is 11.6. The second kappa shape index (κ2) is 11.3. The van der Waals surface area contributed by atoms with Crippen molar-refractivity contribution in [3.05, 3.63) is 0 Å². The molecule has 0 bridgehead atoms. The van der Waals surface area contributed by atoms with Crippen LogP contribution in [0.5, 0.6) is 0 Å². The van der Waals surface area contributed by atoms with E-state index in [2.05, 4.69) is 35.5 Å². The molecule has 0 nitrogen and oxygen atoms in total. The van der Waals surface area contributed by atoms with Gasteiger partial charge in [0.15, 0.2) is 0 Å². The van der Waals surface area contributed by atoms with Gasteiger partial charge in [0.05, 0.1) is 0 Å². The Balaban J connectivity index is 4.72. The van der Waals surface area contributed by atoms with Crippen molar-refractivity contribution in [3.63, 3.8) is 0 Å². The molecule has 0 aromatic rings. The Morgan fingerprint density at radius 1 is 0.722 bits per heavy atom. The summed E-state index contributed by atoms with van der Waals surface area (Å²) in [6.45, 7) is 9.46. The third-order valence-electron chi connectivity index (χ3n) is 4.85. The van der Waals surface area contributed by atoms with Crippen LogP contribution in [0.4, 0.5) is 0 Å². The molecule has 0 aromatic heterocycles. The van der Waals surface area contributed by atoms with E-state index in [0.717, 1.165) is 5.56 Å². The van der Waals surface area contributed by atoms with Crippen LogP contribution in [0.15, 0.2) is 0 Å². The summed E-state index contributed by atoms with van der Waals surface area (Å²) in [5.74, 6) is 0. The van der Waals surface area contributed by atoms with E-state index in [1.165, 1.54) is 51.4 Å². The minimum atomic E-state index is -0.983. The SMILES string of the molecule is BC(CCC)[PH](CCCC)(CCCC)CCCC. The van der Waals surface area contributed by atoms with E-state index in [-0.39, 0.29) is 0 Å². The Labute approximate surface area is 118 Å². The molecule has 0 amide bonds. The van der Waals surface area contributed by atoms with Gasteiger partial charge in [0, 0.05) is 0 Å². The van der Waals surface area contributed by atoms with Gasteiger partial charge in [-0.3, -0.25) is 0 Å². The number of hydrogen-bond donors (Lipinski definition) is 0. The average Bonchev–Trinajstić information content (AvgIpc) is 2.38. The molecular weight excluding hydrogens is 234 g/mol. The molecule has 0 N–H and O–H groups in total. The maximum atomic E-state index is 2.59. The van der Waals surface area contributed by atoms with E-state index in [0.29, 0.717) is 0 Å². The molecule has 0 rings (SSSR count). The van der Waals surface area contributed by atoms with Crippen molar-refractivity contribution in [2.45, 2.75) is 84.6 Å². The van der Waals surface area contributed by atoms with Gasteiger partial charge in [-0.2, -0.15) is 0 Å². The fourth-order valence-corrected chi connectivity index (χ4v) is 9.74. The molecule has 0 aliphatic carbocycles. The molecule has 0 heterocycles. The molecule has 0 spiro atoms. The molecule has 1 atom stereocenters. The van der Waals surface area contributed by atoms with Gasteiger partial charge in [-0.05, 0) is 0 Å². The summed E-state index contributed by atoms with van der Waals surface area (Å²) >= 11 is 0. The van der Waals surface area contributed by atoms with Crippen LogP contribution in [0.25, 0.3) is 0 Å². The quantitative estimate of drug-likeness (QED) is 0.350. The molecule has 0 fully saturated rings. The third-order valence-corrected chi connectivity index (χ3v) is 11.3. The first-order valence-electron chi connectivity index (χ1n) is 8.66. The van der Waals surface area contributed by atoms with Gasteiger partial charge in [0.2, 0.25) is 0 Å². The standard InChI is InChI=1S/C16H38BP/c1-5-9-13-18(14-10-6-2,15-11-7-3)16(17)12-8-4/h16,18H,5-15,17H2,1-4H3. The zero-order valence-electron chi connectivity index (χ0n) is 13.9. The van der Waals surface area contributed by atoms with Crippen LogP contribution in [0.1, 0.15) is 79.1 Å². The molecule has 0 radical (unpaired) electrons. The van der Waals surface area contributed by atoms with Gasteiger partial charge in [-0.1, -0.05) is 0 Å². The van der Waals surface area contributed by atoms with Crippen molar-refractivity contribution < 1.29 is 0 Å². The van der Waals surface area contributed by atoms with Crippen molar-refractivity contribution in [2.75, 3.05) is 18.5 Å². The molecule has 0 saturated carbocycles. The van der Waals surface area contributed by atoms with Gasteiger partial charge >= 0.3 is 118 Å². The molecule has 0 aromatic carbocycles. The van der Waals surface area contributed by atoms with Crippen LogP contribution in [-0.4, -0.2) is 31.9 Å². The third kappa shape index (κ3) is 6.60. The Kier molecular flexibility index (Phi) is 11.6. The van der Waals surface area contributed by atoms with E-state index in [9.17, 15) is 0 Å². The zero-order valence-corrected chi connectivity index (χ0v) is 14.9. The summed E-state index contributed by atoms with van der Waals surface area (Å²) < 4.78 is 0. The van der Waals surface area contributed by atoms with Gasteiger partial charge in [-0.15, -0.1) is 0 Å². The summed E-state index contributed by atoms with van der Waals surface area (Å²) in [5.41, 5.74) is 1.06. The van der Waals surface area contributed by atoms with Gasteiger partial charge < -0.3 is 0 Å². The monoisotopic (exact) mass is 272 g/mol. The summed E-state index contributed by atoms with van der Waals surface area (Å²) in [6.07, 6.45) is 16.4. The minimum absolute atomic E-state index is 0.983. The molecule has 0 aliphatic rings. The molecule has 0 aliphatic heterocycles. The summed E-state index contributed by atoms with van der Waals surface area (Å²) in [4.78, 5) is 0. The van der Waals surface area contributed by atoms with E-state index < -0.39 is 7.26 Å². The van der Waals surface area contributed by atoms with Gasteiger partial charge in [-0.25, -0.2) is 0 Å². The van der Waals surface area contributed by atoms with E-state index in [1.807, 2.05) is 0 Å². The first-order valence-corrected chi connectivity index (χ1v) is 11.4. The molecule has 110 valence electrons. The van der Waals surface area contributed by atoms with Crippen molar-refractivity contribution in [1.82, 2.24) is 0 Å². The fraction of sp³-hybridized carbons (Fsp3) is 1.00. The molecular formula is C16H38BP. The predicted octanol–water partition coefficient (Wildman–Crippen LogP) is 4.90. The van der Waals surface area contributed by atoms with E-state index >= 15 is 0 Å². The van der Waals surface area contributed by atoms with Gasteiger partial charge in [0.1, 0.15) is 0 Å². The van der Waals surface area contributed by atoms with Crippen molar-refractivity contribution >= 4 is 15.1 Å². The van der Waals surface area contributed by atoms with Crippen LogP contribution in [-0.2, 0) is 0 Å². The molecule has 1 unspecified atom stereocenters. The van der Waals surface area contributed by atoms with Crippen LogP contribution < -0.4 is 0 Å². The number of rotatable bonds is 12. The normalized spacial score (nSPS) is 14.7. The van der Waals surface area contributed by atoms with Crippen LogP contribution in [0.3, 0.4) is 0 Å². The van der Waals surface area contributed by atoms with Crippen LogP contribution in [0, 0.1) is 0 Å². The Bertz CT molecular complexity index is 160. The predicted molar refractivity (Wildman–Crippen MR) is 94.9 cm³/mol. The number of unbranched alkanes of at least 4 members (excludes halogenated alkanes) is 3. The molecule has 18 heavy (non-hydrogen) atoms. The van der Waals surface area contributed by atoms with Crippen molar-refractivity contribution in [2.24, 2.45) is 0 Å². The Hall–Kier alpha value is 0.495. The van der Waals surface area contributed by atoms with Crippen LogP contribution >= 0.6 is 7.26 Å². The Morgan fingerprint density at radius 3 is 1.39 bits per heavy atom. The van der Waals surface area contributed by atoms with Crippen molar-refractivity contribution in [3.8, 4) is 0 Å². The van der Waals surface area contributed by atoms with Crippen molar-refractivity contribution in [1.29, 1.82) is 0 Å². The first kappa shape index (κ1) is 18.5. The number of hydrogen-bond acceptors (Lipinski definition) is 0. The Morgan fingerprint density at radius 2 is 1.11 bits per heavy atom. The maximum absolute atomic E-state index is 2.59. The summed E-state index contributed by atoms with van der Waals surface area (Å²) in [7, 11) is 1.61. The van der Waals surface area contributed by atoms with Crippen LogP contribution in [0.2, 0.25) is 0 Å². The van der Waals surface area contributed by atoms with Gasteiger partial charge in [0.25, 0.3) is 0 Å². The second-order valence-electron chi connectivity index (χ2n) is 6.36. The zero-order chi connectivity index (χ0) is 13.9. The molecule has 0 saturated heterocycles.